The van der Waals surface area contributed by atoms with Gasteiger partial charge < -0.3 is 4.90 Å². The number of hydrogen-bond acceptors (Lipinski definition) is 4. The molecular formula is C48H29NS3. The first-order valence-electron chi connectivity index (χ1n) is 17.5. The van der Waals surface area contributed by atoms with Gasteiger partial charge in [-0.2, -0.15) is 0 Å². The highest BCUT2D eigenvalue weighted by Gasteiger charge is 2.23. The molecule has 8 aromatic carbocycles. The second-order valence-corrected chi connectivity index (χ2v) is 16.4. The van der Waals surface area contributed by atoms with Gasteiger partial charge >= 0.3 is 0 Å². The molecule has 0 radical (unpaired) electrons. The quantitative estimate of drug-likeness (QED) is 0.171. The Kier molecular flexibility index (Phi) is 6.84. The Morgan fingerprint density at radius 3 is 1.65 bits per heavy atom. The summed E-state index contributed by atoms with van der Waals surface area (Å²) in [6.07, 6.45) is 0. The van der Waals surface area contributed by atoms with Crippen molar-refractivity contribution in [1.82, 2.24) is 0 Å². The summed E-state index contributed by atoms with van der Waals surface area (Å²) in [4.78, 5) is 2.54. The minimum absolute atomic E-state index is 1.17. The van der Waals surface area contributed by atoms with Crippen molar-refractivity contribution in [2.75, 3.05) is 4.90 Å². The molecule has 11 rings (SSSR count). The highest BCUT2D eigenvalue weighted by molar-refractivity contribution is 7.27. The Morgan fingerprint density at radius 2 is 0.885 bits per heavy atom. The first-order valence-corrected chi connectivity index (χ1v) is 20.0. The summed E-state index contributed by atoms with van der Waals surface area (Å²) in [6.45, 7) is 0. The van der Waals surface area contributed by atoms with Gasteiger partial charge in [0.1, 0.15) is 0 Å². The van der Waals surface area contributed by atoms with Crippen LogP contribution in [0.25, 0.3) is 82.8 Å². The van der Waals surface area contributed by atoms with Crippen LogP contribution in [0, 0.1) is 0 Å². The summed E-state index contributed by atoms with van der Waals surface area (Å²) in [7, 11) is 0. The molecule has 0 aliphatic rings. The molecule has 3 aromatic heterocycles. The molecular weight excluding hydrogens is 687 g/mol. The number of nitrogens with zero attached hydrogens (tertiary/aromatic N) is 1. The maximum Gasteiger partial charge on any atom is 0.0640 e. The lowest BCUT2D eigenvalue weighted by atomic mass is 10.0. The van der Waals surface area contributed by atoms with E-state index in [2.05, 4.69) is 181 Å². The number of benzene rings is 8. The maximum atomic E-state index is 2.54. The number of hydrogen-bond donors (Lipinski definition) is 0. The molecule has 11 aromatic rings. The second-order valence-electron chi connectivity index (χ2n) is 13.2. The molecule has 0 bridgehead atoms. The summed E-state index contributed by atoms with van der Waals surface area (Å²) < 4.78 is 7.84. The van der Waals surface area contributed by atoms with Gasteiger partial charge in [-0.1, -0.05) is 140 Å². The fourth-order valence-corrected chi connectivity index (χ4v) is 11.7. The summed E-state index contributed by atoms with van der Waals surface area (Å²) in [5.41, 5.74) is 8.62. The van der Waals surface area contributed by atoms with E-state index in [4.69, 9.17) is 0 Å². The van der Waals surface area contributed by atoms with Crippen molar-refractivity contribution >= 4 is 112 Å². The van der Waals surface area contributed by atoms with E-state index in [0.29, 0.717) is 0 Å². The second kappa shape index (κ2) is 11.9. The first kappa shape index (κ1) is 29.9. The SMILES string of the molecule is c1ccc(-c2cccc3c2sc2c(N(c4ccc5c(c4)sc4ccccc45)c4cccc5sc6c(-c7ccccc7)cccc6c45)cccc23)cc1. The van der Waals surface area contributed by atoms with Crippen molar-refractivity contribution in [3.8, 4) is 22.3 Å². The molecule has 0 aliphatic carbocycles. The Bertz CT molecular complexity index is 3130. The molecule has 0 fully saturated rings. The number of anilines is 3. The third kappa shape index (κ3) is 4.59. The van der Waals surface area contributed by atoms with E-state index < -0.39 is 0 Å². The Hall–Kier alpha value is -5.78. The minimum Gasteiger partial charge on any atom is -0.308 e. The van der Waals surface area contributed by atoms with Gasteiger partial charge in [0.15, 0.2) is 0 Å². The van der Waals surface area contributed by atoms with E-state index in [1.165, 1.54) is 99.8 Å². The molecule has 0 spiro atoms. The predicted molar refractivity (Wildman–Crippen MR) is 231 cm³/mol. The lowest BCUT2D eigenvalue weighted by Gasteiger charge is -2.27. The lowest BCUT2D eigenvalue weighted by molar-refractivity contribution is 1.33. The monoisotopic (exact) mass is 715 g/mol. The molecule has 0 atom stereocenters. The van der Waals surface area contributed by atoms with Gasteiger partial charge in [-0.15, -0.1) is 34.0 Å². The summed E-state index contributed by atoms with van der Waals surface area (Å²) in [5.74, 6) is 0. The largest absolute Gasteiger partial charge is 0.308 e. The molecule has 1 nitrogen and oxygen atoms in total. The van der Waals surface area contributed by atoms with Gasteiger partial charge in [0, 0.05) is 61.5 Å². The molecule has 0 saturated carbocycles. The van der Waals surface area contributed by atoms with Crippen LogP contribution in [0.4, 0.5) is 17.1 Å². The van der Waals surface area contributed by atoms with Crippen molar-refractivity contribution < 1.29 is 0 Å². The third-order valence-electron chi connectivity index (χ3n) is 10.3. The topological polar surface area (TPSA) is 3.24 Å². The number of rotatable bonds is 5. The smallest absolute Gasteiger partial charge is 0.0640 e. The maximum absolute atomic E-state index is 2.54. The van der Waals surface area contributed by atoms with Crippen LogP contribution in [-0.2, 0) is 0 Å². The molecule has 0 aliphatic heterocycles. The minimum atomic E-state index is 1.17. The van der Waals surface area contributed by atoms with Crippen molar-refractivity contribution in [2.24, 2.45) is 0 Å². The molecule has 244 valence electrons. The van der Waals surface area contributed by atoms with E-state index in [1.54, 1.807) is 0 Å². The Morgan fingerprint density at radius 1 is 0.327 bits per heavy atom. The Balaban J connectivity index is 1.22. The molecule has 0 amide bonds. The fourth-order valence-electron chi connectivity index (χ4n) is 7.95. The zero-order valence-electron chi connectivity index (χ0n) is 27.9. The number of thiophene rings is 3. The van der Waals surface area contributed by atoms with Crippen molar-refractivity contribution in [3.05, 3.63) is 176 Å². The van der Waals surface area contributed by atoms with Crippen LogP contribution in [-0.4, -0.2) is 0 Å². The van der Waals surface area contributed by atoms with Crippen molar-refractivity contribution in [1.29, 1.82) is 0 Å². The predicted octanol–water partition coefficient (Wildman–Crippen LogP) is 15.6. The van der Waals surface area contributed by atoms with Gasteiger partial charge in [0.05, 0.1) is 16.1 Å². The van der Waals surface area contributed by atoms with E-state index >= 15 is 0 Å². The van der Waals surface area contributed by atoms with Gasteiger partial charge in [0.2, 0.25) is 0 Å². The average molecular weight is 716 g/mol. The van der Waals surface area contributed by atoms with Crippen LogP contribution in [0.3, 0.4) is 0 Å². The van der Waals surface area contributed by atoms with Crippen LogP contribution in [0.5, 0.6) is 0 Å². The highest BCUT2D eigenvalue weighted by Crippen LogP contribution is 2.51. The van der Waals surface area contributed by atoms with Gasteiger partial charge in [0.25, 0.3) is 0 Å². The van der Waals surface area contributed by atoms with E-state index in [1.807, 2.05) is 34.0 Å². The molecule has 3 heterocycles. The standard InChI is InChI=1S/C48H29NS3/c1-3-13-30(14-4-1)33-18-9-20-37-38-21-11-24-41(48(38)52-46(33)37)49(32-27-28-36-35-17-7-8-25-42(35)50-44(36)29-32)40-23-12-26-43-45(40)39-22-10-19-34(47(39)51-43)31-15-5-2-6-16-31/h1-29H. The van der Waals surface area contributed by atoms with Crippen molar-refractivity contribution in [3.63, 3.8) is 0 Å². The average Bonchev–Trinajstić information content (AvgIpc) is 3.90. The zero-order valence-corrected chi connectivity index (χ0v) is 30.4. The van der Waals surface area contributed by atoms with Crippen LogP contribution in [0.2, 0.25) is 0 Å². The molecule has 4 heteroatoms. The molecule has 0 saturated heterocycles. The molecule has 52 heavy (non-hydrogen) atoms. The van der Waals surface area contributed by atoms with E-state index in [9.17, 15) is 0 Å². The van der Waals surface area contributed by atoms with Crippen LogP contribution in [0.15, 0.2) is 176 Å². The molecule has 0 N–H and O–H groups in total. The van der Waals surface area contributed by atoms with Crippen molar-refractivity contribution in [2.45, 2.75) is 0 Å². The summed E-state index contributed by atoms with van der Waals surface area (Å²) >= 11 is 5.68. The van der Waals surface area contributed by atoms with Gasteiger partial charge in [-0.25, -0.2) is 0 Å². The fraction of sp³-hybridized carbons (Fsp3) is 0. The first-order chi connectivity index (χ1) is 25.8. The lowest BCUT2D eigenvalue weighted by Crippen LogP contribution is -2.10. The van der Waals surface area contributed by atoms with Crippen LogP contribution in [0.1, 0.15) is 0 Å². The summed E-state index contributed by atoms with van der Waals surface area (Å²) in [5, 5.41) is 7.80. The zero-order chi connectivity index (χ0) is 34.2. The van der Waals surface area contributed by atoms with Crippen LogP contribution >= 0.6 is 34.0 Å². The summed E-state index contributed by atoms with van der Waals surface area (Å²) in [6, 6.07) is 64.7. The van der Waals surface area contributed by atoms with E-state index in [0.717, 1.165) is 0 Å². The molecule has 0 unspecified atom stereocenters. The highest BCUT2D eigenvalue weighted by atomic mass is 32.1. The van der Waals surface area contributed by atoms with Gasteiger partial charge in [-0.05, 0) is 58.7 Å². The van der Waals surface area contributed by atoms with Gasteiger partial charge in [-0.3, -0.25) is 0 Å². The third-order valence-corrected chi connectivity index (χ3v) is 13.9. The number of fused-ring (bicyclic) bond motifs is 9. The van der Waals surface area contributed by atoms with E-state index in [-0.39, 0.29) is 0 Å². The normalized spacial score (nSPS) is 11.8. The Labute approximate surface area is 312 Å². The van der Waals surface area contributed by atoms with Crippen LogP contribution < -0.4 is 4.90 Å².